The molecule has 1 rings (SSSR count). The van der Waals surface area contributed by atoms with E-state index in [1.165, 1.54) is 0 Å². The third-order valence-electron chi connectivity index (χ3n) is 3.32. The van der Waals surface area contributed by atoms with Gasteiger partial charge in [0, 0.05) is 13.1 Å². The van der Waals surface area contributed by atoms with E-state index >= 15 is 0 Å². The summed E-state index contributed by atoms with van der Waals surface area (Å²) in [5.41, 5.74) is 4.02. The Morgan fingerprint density at radius 3 is 2.17 bits per heavy atom. The lowest BCUT2D eigenvalue weighted by Crippen LogP contribution is -2.43. The molecule has 6 nitrogen and oxygen atoms in total. The highest BCUT2D eigenvalue weighted by Crippen LogP contribution is 2.34. The molecule has 0 aromatic heterocycles. The highest BCUT2D eigenvalue weighted by atomic mass is 16.2. The summed E-state index contributed by atoms with van der Waals surface area (Å²) in [7, 11) is 0. The molecule has 0 atom stereocenters. The number of rotatable bonds is 4. The third-order valence-corrected chi connectivity index (χ3v) is 3.32. The molecule has 0 saturated heterocycles. The van der Waals surface area contributed by atoms with E-state index in [4.69, 9.17) is 5.73 Å². The maximum absolute atomic E-state index is 12.1. The summed E-state index contributed by atoms with van der Waals surface area (Å²) in [6.45, 7) is 0.577. The van der Waals surface area contributed by atoms with Gasteiger partial charge < -0.3 is 16.4 Å². The Kier molecular flexibility index (Phi) is 5.43. The molecule has 100 valence electrons. The Morgan fingerprint density at radius 2 is 1.67 bits per heavy atom. The van der Waals surface area contributed by atoms with Crippen LogP contribution in [-0.2, 0) is 4.79 Å². The van der Waals surface area contributed by atoms with Gasteiger partial charge in [-0.05, 0) is 12.8 Å². The fraction of sp³-hybridized carbons (Fsp3) is 0.750. The molecule has 0 aromatic carbocycles. The highest BCUT2D eigenvalue weighted by Gasteiger charge is 2.38. The number of nitrogens with two attached hydrogens (primary N) is 1. The largest absolute Gasteiger partial charge is 0.353 e. The molecule has 3 amide bonds. The Hall–Kier alpha value is -1.77. The molecule has 0 spiro atoms. The van der Waals surface area contributed by atoms with Gasteiger partial charge in [0.15, 0.2) is 0 Å². The summed E-state index contributed by atoms with van der Waals surface area (Å²) < 4.78 is 0. The van der Waals surface area contributed by atoms with E-state index in [1.54, 1.807) is 0 Å². The van der Waals surface area contributed by atoms with Gasteiger partial charge in [0.25, 0.3) is 0 Å². The van der Waals surface area contributed by atoms with Crippen LogP contribution in [-0.4, -0.2) is 25.0 Å². The first-order valence-electron chi connectivity index (χ1n) is 6.33. The maximum Gasteiger partial charge on any atom is 0.312 e. The zero-order valence-electron chi connectivity index (χ0n) is 10.5. The second-order valence-corrected chi connectivity index (χ2v) is 4.66. The predicted octanol–water partition coefficient (Wildman–Crippen LogP) is 0.635. The Balaban J connectivity index is 2.46. The van der Waals surface area contributed by atoms with Crippen LogP contribution in [0.1, 0.15) is 38.5 Å². The molecule has 0 aromatic rings. The maximum atomic E-state index is 12.1. The topological polar surface area (TPSA) is 108 Å². The number of carbonyl (C=O) groups is 2. The van der Waals surface area contributed by atoms with E-state index in [-0.39, 0.29) is 12.5 Å². The molecule has 0 heterocycles. The molecule has 0 bridgehead atoms. The minimum absolute atomic E-state index is 0.224. The van der Waals surface area contributed by atoms with E-state index in [2.05, 4.69) is 16.7 Å². The van der Waals surface area contributed by atoms with Crippen molar-refractivity contribution in [2.45, 2.75) is 38.5 Å². The van der Waals surface area contributed by atoms with Gasteiger partial charge in [-0.3, -0.25) is 4.79 Å². The van der Waals surface area contributed by atoms with Crippen molar-refractivity contribution in [2.24, 2.45) is 11.1 Å². The third kappa shape index (κ3) is 3.91. The number of hydrogen-bond acceptors (Lipinski definition) is 3. The quantitative estimate of drug-likeness (QED) is 0.504. The second-order valence-electron chi connectivity index (χ2n) is 4.66. The number of hydrogen-bond donors (Lipinski definition) is 3. The highest BCUT2D eigenvalue weighted by molar-refractivity contribution is 5.85. The molecule has 1 fully saturated rings. The van der Waals surface area contributed by atoms with Crippen molar-refractivity contribution in [1.29, 1.82) is 5.26 Å². The smallest absolute Gasteiger partial charge is 0.312 e. The fourth-order valence-corrected chi connectivity index (χ4v) is 2.25. The van der Waals surface area contributed by atoms with Gasteiger partial charge in [-0.15, -0.1) is 0 Å². The first-order chi connectivity index (χ1) is 8.60. The number of amides is 3. The van der Waals surface area contributed by atoms with Gasteiger partial charge in [-0.25, -0.2) is 4.79 Å². The molecule has 6 heteroatoms. The average molecular weight is 252 g/mol. The van der Waals surface area contributed by atoms with Crippen molar-refractivity contribution < 1.29 is 9.59 Å². The Morgan fingerprint density at radius 1 is 1.11 bits per heavy atom. The number of nitrogens with one attached hydrogen (secondary N) is 2. The lowest BCUT2D eigenvalue weighted by atomic mass is 9.81. The van der Waals surface area contributed by atoms with Crippen molar-refractivity contribution in [2.75, 3.05) is 13.1 Å². The van der Waals surface area contributed by atoms with Crippen LogP contribution < -0.4 is 16.4 Å². The molecular formula is C12H20N4O2. The molecule has 0 unspecified atom stereocenters. The summed E-state index contributed by atoms with van der Waals surface area (Å²) in [6, 6.07) is 1.57. The van der Waals surface area contributed by atoms with E-state index in [0.29, 0.717) is 19.4 Å². The Labute approximate surface area is 107 Å². The SMILES string of the molecule is N#CC1(C(=O)NCCNC(N)=O)CCCCCC1. The standard InChI is InChI=1S/C12H20N4O2/c13-9-12(5-3-1-2-4-6-12)10(17)15-7-8-16-11(14)18/h1-8H2,(H,15,17)(H3,14,16,18). The number of nitrogens with zero attached hydrogens (tertiary/aromatic N) is 1. The van der Waals surface area contributed by atoms with Gasteiger partial charge in [0.1, 0.15) is 5.41 Å². The van der Waals surface area contributed by atoms with Crippen LogP contribution in [0.3, 0.4) is 0 Å². The second kappa shape index (κ2) is 6.84. The van der Waals surface area contributed by atoms with E-state index in [1.807, 2.05) is 0 Å². The van der Waals surface area contributed by atoms with Crippen LogP contribution in [0.2, 0.25) is 0 Å². The van der Waals surface area contributed by atoms with Crippen molar-refractivity contribution in [3.8, 4) is 6.07 Å². The van der Waals surface area contributed by atoms with Crippen LogP contribution >= 0.6 is 0 Å². The van der Waals surface area contributed by atoms with Crippen molar-refractivity contribution in [3.05, 3.63) is 0 Å². The number of primary amides is 1. The normalized spacial score (nSPS) is 18.2. The summed E-state index contributed by atoms with van der Waals surface area (Å²) in [4.78, 5) is 22.5. The van der Waals surface area contributed by atoms with Crippen molar-refractivity contribution in [3.63, 3.8) is 0 Å². The van der Waals surface area contributed by atoms with Gasteiger partial charge >= 0.3 is 6.03 Å². The van der Waals surface area contributed by atoms with Gasteiger partial charge in [0.2, 0.25) is 5.91 Å². The first kappa shape index (κ1) is 14.3. The van der Waals surface area contributed by atoms with Crippen molar-refractivity contribution in [1.82, 2.24) is 10.6 Å². The average Bonchev–Trinajstić information content (AvgIpc) is 2.60. The molecule has 0 aliphatic heterocycles. The lowest BCUT2D eigenvalue weighted by molar-refractivity contribution is -0.128. The molecule has 4 N–H and O–H groups in total. The van der Waals surface area contributed by atoms with Crippen LogP contribution in [0.15, 0.2) is 0 Å². The van der Waals surface area contributed by atoms with Crippen LogP contribution in [0.25, 0.3) is 0 Å². The number of carbonyl (C=O) groups excluding carboxylic acids is 2. The fourth-order valence-electron chi connectivity index (χ4n) is 2.25. The first-order valence-corrected chi connectivity index (χ1v) is 6.33. The van der Waals surface area contributed by atoms with E-state index in [0.717, 1.165) is 25.7 Å². The molecule has 1 saturated carbocycles. The van der Waals surface area contributed by atoms with Crippen LogP contribution in [0.5, 0.6) is 0 Å². The lowest BCUT2D eigenvalue weighted by Gasteiger charge is -2.23. The molecule has 1 aliphatic carbocycles. The summed E-state index contributed by atoms with van der Waals surface area (Å²) in [6.07, 6.45) is 5.25. The summed E-state index contributed by atoms with van der Waals surface area (Å²) in [5.74, 6) is -0.224. The number of urea groups is 1. The monoisotopic (exact) mass is 252 g/mol. The minimum Gasteiger partial charge on any atom is -0.353 e. The number of nitriles is 1. The molecule has 0 radical (unpaired) electrons. The predicted molar refractivity (Wildman–Crippen MR) is 66.3 cm³/mol. The zero-order valence-corrected chi connectivity index (χ0v) is 10.5. The zero-order chi connectivity index (χ0) is 13.4. The Bertz CT molecular complexity index is 340. The minimum atomic E-state index is -0.886. The molecule has 18 heavy (non-hydrogen) atoms. The van der Waals surface area contributed by atoms with Crippen molar-refractivity contribution >= 4 is 11.9 Å². The van der Waals surface area contributed by atoms with Gasteiger partial charge in [-0.1, -0.05) is 25.7 Å². The molecule has 1 aliphatic rings. The van der Waals surface area contributed by atoms with Gasteiger partial charge in [-0.2, -0.15) is 5.26 Å². The molecular weight excluding hydrogens is 232 g/mol. The van der Waals surface area contributed by atoms with Crippen LogP contribution in [0, 0.1) is 16.7 Å². The van der Waals surface area contributed by atoms with Crippen LogP contribution in [0.4, 0.5) is 4.79 Å². The van der Waals surface area contributed by atoms with E-state index in [9.17, 15) is 14.9 Å². The van der Waals surface area contributed by atoms with E-state index < -0.39 is 11.4 Å². The summed E-state index contributed by atoms with van der Waals surface area (Å²) >= 11 is 0. The van der Waals surface area contributed by atoms with Gasteiger partial charge in [0.05, 0.1) is 6.07 Å². The summed E-state index contributed by atoms with van der Waals surface area (Å²) in [5, 5.41) is 14.4.